The molecule has 0 aromatic rings. The van der Waals surface area contributed by atoms with Gasteiger partial charge in [-0.15, -0.1) is 0 Å². The molecule has 0 amide bonds. The minimum absolute atomic E-state index is 0.0432. The molecule has 3 saturated carbocycles. The van der Waals surface area contributed by atoms with Crippen molar-refractivity contribution in [2.45, 2.75) is 227 Å². The molecule has 2 nitrogen and oxygen atoms in total. The Morgan fingerprint density at radius 1 is 0.681 bits per heavy atom. The summed E-state index contributed by atoms with van der Waals surface area (Å²) in [5.74, 6) is 5.43. The van der Waals surface area contributed by atoms with Gasteiger partial charge in [-0.25, -0.2) is 0 Å². The summed E-state index contributed by atoms with van der Waals surface area (Å²) in [5.41, 5.74) is 2.57. The number of fused-ring (bicyclic) bond motifs is 5. The van der Waals surface area contributed by atoms with E-state index in [1.807, 2.05) is 0 Å². The van der Waals surface area contributed by atoms with Crippen LogP contribution in [0.25, 0.3) is 0 Å². The molecule has 0 saturated heterocycles. The van der Waals surface area contributed by atoms with Crippen LogP contribution in [0.1, 0.15) is 214 Å². The quantitative estimate of drug-likeness (QED) is 0.0850. The van der Waals surface area contributed by atoms with Gasteiger partial charge in [0, 0.05) is 0 Å². The van der Waals surface area contributed by atoms with Crippen molar-refractivity contribution >= 4 is 0 Å². The fourth-order valence-electron chi connectivity index (χ4n) is 12.0. The Morgan fingerprint density at radius 2 is 1.28 bits per heavy atom. The zero-order chi connectivity index (χ0) is 33.7. The summed E-state index contributed by atoms with van der Waals surface area (Å²) >= 11 is 0. The van der Waals surface area contributed by atoms with Crippen molar-refractivity contribution in [2.75, 3.05) is 0 Å². The van der Waals surface area contributed by atoms with Gasteiger partial charge in [-0.3, -0.25) is 0 Å². The number of hydrogen-bond acceptors (Lipinski definition) is 2. The second-order valence-corrected chi connectivity index (χ2v) is 18.5. The maximum absolute atomic E-state index is 10.4. The third-order valence-corrected chi connectivity index (χ3v) is 15.1. The predicted octanol–water partition coefficient (Wildman–Crippen LogP) is 13.4. The number of rotatable bonds is 23. The van der Waals surface area contributed by atoms with E-state index in [2.05, 4.69) is 40.7 Å². The number of allylic oxidation sites excluding steroid dienone is 1. The third kappa shape index (κ3) is 11.1. The van der Waals surface area contributed by atoms with Gasteiger partial charge in [-0.05, 0) is 111 Å². The molecule has 4 rings (SSSR count). The fraction of sp³-hybridized carbons (Fsp3) is 0.956. The Hall–Kier alpha value is -0.340. The van der Waals surface area contributed by atoms with Crippen LogP contribution in [0.15, 0.2) is 11.6 Å². The molecule has 0 aliphatic heterocycles. The van der Waals surface area contributed by atoms with Crippen molar-refractivity contribution in [3.63, 3.8) is 0 Å². The van der Waals surface area contributed by atoms with Crippen LogP contribution in [0, 0.1) is 46.3 Å². The van der Waals surface area contributed by atoms with Crippen LogP contribution in [0.3, 0.4) is 0 Å². The fourth-order valence-corrected chi connectivity index (χ4v) is 12.0. The molecule has 10 atom stereocenters. The van der Waals surface area contributed by atoms with Crippen LogP contribution in [-0.4, -0.2) is 22.4 Å². The van der Waals surface area contributed by atoms with Crippen molar-refractivity contribution < 1.29 is 10.2 Å². The molecule has 0 heterocycles. The Balaban J connectivity index is 1.00. The normalized spacial score (nSPS) is 33.9. The monoisotopic (exact) mass is 655 g/mol. The van der Waals surface area contributed by atoms with Crippen molar-refractivity contribution in [1.29, 1.82) is 0 Å². The molecule has 0 bridgehead atoms. The maximum Gasteiger partial charge on any atom is 0.0577 e. The highest BCUT2D eigenvalue weighted by Gasteiger charge is 2.59. The van der Waals surface area contributed by atoms with Crippen molar-refractivity contribution in [2.24, 2.45) is 46.3 Å². The lowest BCUT2D eigenvalue weighted by Crippen LogP contribution is -2.50. The largest absolute Gasteiger partial charge is 0.393 e. The van der Waals surface area contributed by atoms with E-state index in [-0.39, 0.29) is 12.2 Å². The first-order chi connectivity index (χ1) is 22.7. The van der Waals surface area contributed by atoms with Gasteiger partial charge < -0.3 is 10.2 Å². The van der Waals surface area contributed by atoms with Gasteiger partial charge in [0.2, 0.25) is 0 Å². The highest BCUT2D eigenvalue weighted by atomic mass is 16.3. The lowest BCUT2D eigenvalue weighted by Gasteiger charge is -2.58. The first-order valence-electron chi connectivity index (χ1n) is 21.7. The van der Waals surface area contributed by atoms with Crippen LogP contribution in [-0.2, 0) is 0 Å². The van der Waals surface area contributed by atoms with Gasteiger partial charge in [0.05, 0.1) is 12.2 Å². The van der Waals surface area contributed by atoms with Crippen LogP contribution in [0.2, 0.25) is 0 Å². The second kappa shape index (κ2) is 19.9. The van der Waals surface area contributed by atoms with Gasteiger partial charge in [0.1, 0.15) is 0 Å². The van der Waals surface area contributed by atoms with E-state index in [0.717, 1.165) is 61.2 Å². The highest BCUT2D eigenvalue weighted by Crippen LogP contribution is 2.67. The molecule has 4 aliphatic carbocycles. The van der Waals surface area contributed by atoms with Crippen molar-refractivity contribution in [1.82, 2.24) is 0 Å². The Kier molecular flexibility index (Phi) is 16.7. The maximum atomic E-state index is 10.4. The second-order valence-electron chi connectivity index (χ2n) is 18.5. The topological polar surface area (TPSA) is 40.5 Å². The van der Waals surface area contributed by atoms with Crippen molar-refractivity contribution in [3.8, 4) is 0 Å². The molecule has 0 aromatic carbocycles. The van der Waals surface area contributed by atoms with Gasteiger partial charge >= 0.3 is 0 Å². The van der Waals surface area contributed by atoms with Gasteiger partial charge in [-0.2, -0.15) is 0 Å². The summed E-state index contributed by atoms with van der Waals surface area (Å²) in [5, 5.41) is 20.5. The van der Waals surface area contributed by atoms with Gasteiger partial charge in [0.25, 0.3) is 0 Å². The van der Waals surface area contributed by atoms with E-state index >= 15 is 0 Å². The molecule has 4 aliphatic rings. The molecule has 0 spiro atoms. The molecule has 274 valence electrons. The standard InChI is InChI=1S/C45H82O2/c1-6-7-8-18-24-38(46)25-19-16-14-12-10-9-11-13-15-17-21-35(2)22-20-23-36(3)41-28-29-42-40-27-26-37-34-39(47)30-32-44(37,4)43(40)31-33-45(41,42)5/h26,35-36,38-43,46-47H,6-25,27-34H2,1-5H3/t35?,36?,38?,39-,40-,41+,42-,43-,44-,45+/m0/s1. The third-order valence-electron chi connectivity index (χ3n) is 15.1. The molecule has 3 fully saturated rings. The van der Waals surface area contributed by atoms with E-state index in [9.17, 15) is 10.2 Å². The van der Waals surface area contributed by atoms with Crippen molar-refractivity contribution in [3.05, 3.63) is 11.6 Å². The minimum atomic E-state index is -0.0863. The zero-order valence-corrected chi connectivity index (χ0v) is 32.4. The number of aliphatic hydroxyl groups excluding tert-OH is 2. The summed E-state index contributed by atoms with van der Waals surface area (Å²) in [6.45, 7) is 12.7. The minimum Gasteiger partial charge on any atom is -0.393 e. The van der Waals surface area contributed by atoms with E-state index in [0.29, 0.717) is 10.8 Å². The van der Waals surface area contributed by atoms with E-state index in [1.54, 1.807) is 5.57 Å². The zero-order valence-electron chi connectivity index (χ0n) is 32.4. The Morgan fingerprint density at radius 3 is 1.94 bits per heavy atom. The molecule has 3 unspecified atom stereocenters. The molecule has 0 aromatic heterocycles. The predicted molar refractivity (Wildman–Crippen MR) is 204 cm³/mol. The van der Waals surface area contributed by atoms with Crippen LogP contribution >= 0.6 is 0 Å². The molecule has 0 radical (unpaired) electrons. The summed E-state index contributed by atoms with van der Waals surface area (Å²) < 4.78 is 0. The van der Waals surface area contributed by atoms with Crippen LogP contribution < -0.4 is 0 Å². The molecular weight excluding hydrogens is 572 g/mol. The van der Waals surface area contributed by atoms with E-state index in [4.69, 9.17) is 0 Å². The Bertz CT molecular complexity index is 894. The number of hydrogen-bond donors (Lipinski definition) is 2. The van der Waals surface area contributed by atoms with Crippen LogP contribution in [0.5, 0.6) is 0 Å². The van der Waals surface area contributed by atoms with E-state index in [1.165, 1.54) is 154 Å². The lowest BCUT2D eigenvalue weighted by atomic mass is 9.47. The van der Waals surface area contributed by atoms with E-state index < -0.39 is 0 Å². The first kappa shape index (κ1) is 39.4. The average molecular weight is 655 g/mol. The first-order valence-corrected chi connectivity index (χ1v) is 21.7. The van der Waals surface area contributed by atoms with Gasteiger partial charge in [0.15, 0.2) is 0 Å². The molecule has 2 heteroatoms. The molecular formula is C45H82O2. The molecule has 2 N–H and O–H groups in total. The SMILES string of the molecule is CCCCCCC(O)CCCCCCCCCCCCC(C)CCCC(C)[C@H]1CC[C@H]2[C@@H]3CC=C4C[C@@H](O)CC[C@]4(C)[C@H]3CC[C@]12C. The highest BCUT2D eigenvalue weighted by molar-refractivity contribution is 5.25. The molecule has 47 heavy (non-hydrogen) atoms. The lowest BCUT2D eigenvalue weighted by molar-refractivity contribution is -0.0573. The van der Waals surface area contributed by atoms with Gasteiger partial charge in [-0.1, -0.05) is 162 Å². The Labute approximate surface area is 294 Å². The number of aliphatic hydroxyl groups is 2. The summed E-state index contributed by atoms with van der Waals surface area (Å²) in [7, 11) is 0. The van der Waals surface area contributed by atoms with Crippen LogP contribution in [0.4, 0.5) is 0 Å². The smallest absolute Gasteiger partial charge is 0.0577 e. The summed E-state index contributed by atoms with van der Waals surface area (Å²) in [6, 6.07) is 0. The summed E-state index contributed by atoms with van der Waals surface area (Å²) in [4.78, 5) is 0. The summed E-state index contributed by atoms with van der Waals surface area (Å²) in [6.07, 6.45) is 39.6. The average Bonchev–Trinajstić information content (AvgIpc) is 3.41. The number of unbranched alkanes of at least 4 members (excludes halogenated alkanes) is 12.